The minimum atomic E-state index is -4.43. The van der Waals surface area contributed by atoms with Gasteiger partial charge in [-0.3, -0.25) is 0 Å². The molecule has 0 aliphatic heterocycles. The lowest BCUT2D eigenvalue weighted by atomic mass is 10.2. The first-order chi connectivity index (χ1) is 9.88. The van der Waals surface area contributed by atoms with Crippen LogP contribution in [0.15, 0.2) is 36.4 Å². The average molecular weight is 317 g/mol. The van der Waals surface area contributed by atoms with E-state index in [9.17, 15) is 13.2 Å². The van der Waals surface area contributed by atoms with Crippen LogP contribution in [0.3, 0.4) is 0 Å². The van der Waals surface area contributed by atoms with Gasteiger partial charge in [-0.25, -0.2) is 4.98 Å². The van der Waals surface area contributed by atoms with Crippen molar-refractivity contribution in [3.63, 3.8) is 0 Å². The SMILES string of the molecule is COc1cccc(CNc2cc(Cl)cc(C(F)(F)F)c2)n1. The van der Waals surface area contributed by atoms with Gasteiger partial charge in [0, 0.05) is 16.8 Å². The second-order valence-corrected chi connectivity index (χ2v) is 4.69. The van der Waals surface area contributed by atoms with E-state index in [1.165, 1.54) is 13.2 Å². The minimum absolute atomic E-state index is 0.0194. The zero-order valence-electron chi connectivity index (χ0n) is 11.0. The van der Waals surface area contributed by atoms with Crippen LogP contribution in [-0.4, -0.2) is 12.1 Å². The zero-order chi connectivity index (χ0) is 15.5. The van der Waals surface area contributed by atoms with E-state index in [1.807, 2.05) is 0 Å². The molecule has 112 valence electrons. The molecule has 1 aromatic heterocycles. The Morgan fingerprint density at radius 3 is 2.67 bits per heavy atom. The molecule has 1 heterocycles. The smallest absolute Gasteiger partial charge is 0.416 e. The molecule has 0 amide bonds. The number of ether oxygens (including phenoxy) is 1. The van der Waals surface area contributed by atoms with E-state index in [4.69, 9.17) is 16.3 Å². The molecule has 21 heavy (non-hydrogen) atoms. The van der Waals surface area contributed by atoms with Crippen molar-refractivity contribution in [2.45, 2.75) is 12.7 Å². The summed E-state index contributed by atoms with van der Waals surface area (Å²) in [4.78, 5) is 4.16. The maximum absolute atomic E-state index is 12.7. The van der Waals surface area contributed by atoms with Crippen molar-refractivity contribution >= 4 is 17.3 Å². The Morgan fingerprint density at radius 1 is 1.24 bits per heavy atom. The Bertz CT molecular complexity index is 632. The monoisotopic (exact) mass is 316 g/mol. The van der Waals surface area contributed by atoms with Crippen molar-refractivity contribution < 1.29 is 17.9 Å². The molecule has 0 unspecified atom stereocenters. The number of alkyl halides is 3. The summed E-state index contributed by atoms with van der Waals surface area (Å²) in [5.74, 6) is 0.441. The molecule has 7 heteroatoms. The number of hydrogen-bond donors (Lipinski definition) is 1. The van der Waals surface area contributed by atoms with Crippen molar-refractivity contribution in [3.8, 4) is 5.88 Å². The summed E-state index contributed by atoms with van der Waals surface area (Å²) in [6, 6.07) is 8.50. The fraction of sp³-hybridized carbons (Fsp3) is 0.214. The zero-order valence-corrected chi connectivity index (χ0v) is 11.8. The summed E-state index contributed by atoms with van der Waals surface area (Å²) in [7, 11) is 1.49. The molecule has 3 nitrogen and oxygen atoms in total. The van der Waals surface area contributed by atoms with Crippen molar-refractivity contribution in [1.82, 2.24) is 4.98 Å². The molecule has 0 atom stereocenters. The Morgan fingerprint density at radius 2 is 2.00 bits per heavy atom. The molecule has 0 fully saturated rings. The third-order valence-electron chi connectivity index (χ3n) is 2.69. The lowest BCUT2D eigenvalue weighted by Crippen LogP contribution is -2.07. The van der Waals surface area contributed by atoms with Gasteiger partial charge in [0.05, 0.1) is 24.9 Å². The van der Waals surface area contributed by atoms with Crippen LogP contribution < -0.4 is 10.1 Å². The Hall–Kier alpha value is -1.95. The average Bonchev–Trinajstić information content (AvgIpc) is 2.44. The Kier molecular flexibility index (Phi) is 4.57. The molecule has 0 radical (unpaired) electrons. The van der Waals surface area contributed by atoms with Gasteiger partial charge in [-0.15, -0.1) is 0 Å². The summed E-state index contributed by atoms with van der Waals surface area (Å²) in [5.41, 5.74) is 0.124. The number of anilines is 1. The molecule has 1 N–H and O–H groups in total. The maximum Gasteiger partial charge on any atom is 0.416 e. The first-order valence-corrected chi connectivity index (χ1v) is 6.38. The van der Waals surface area contributed by atoms with E-state index in [-0.39, 0.29) is 17.3 Å². The van der Waals surface area contributed by atoms with E-state index in [1.54, 1.807) is 18.2 Å². The number of nitrogens with one attached hydrogen (secondary N) is 1. The van der Waals surface area contributed by atoms with Gasteiger partial charge in [0.1, 0.15) is 0 Å². The maximum atomic E-state index is 12.7. The van der Waals surface area contributed by atoms with Crippen molar-refractivity contribution in [3.05, 3.63) is 52.7 Å². The van der Waals surface area contributed by atoms with Crippen LogP contribution in [0.2, 0.25) is 5.02 Å². The quantitative estimate of drug-likeness (QED) is 0.909. The normalized spacial score (nSPS) is 11.3. The summed E-state index contributed by atoms with van der Waals surface area (Å²) >= 11 is 5.71. The molecule has 0 bridgehead atoms. The highest BCUT2D eigenvalue weighted by Gasteiger charge is 2.31. The van der Waals surface area contributed by atoms with E-state index >= 15 is 0 Å². The van der Waals surface area contributed by atoms with Crippen LogP contribution in [0, 0.1) is 0 Å². The lowest BCUT2D eigenvalue weighted by Gasteiger charge is -2.11. The highest BCUT2D eigenvalue weighted by Crippen LogP contribution is 2.33. The third-order valence-corrected chi connectivity index (χ3v) is 2.91. The molecule has 1 aromatic carbocycles. The number of rotatable bonds is 4. The predicted octanol–water partition coefficient (Wildman–Crippen LogP) is 4.37. The first kappa shape index (κ1) is 15.4. The van der Waals surface area contributed by atoms with E-state index in [2.05, 4.69) is 10.3 Å². The van der Waals surface area contributed by atoms with Crippen molar-refractivity contribution in [1.29, 1.82) is 0 Å². The molecule has 0 saturated heterocycles. The number of methoxy groups -OCH3 is 1. The number of hydrogen-bond acceptors (Lipinski definition) is 3. The van der Waals surface area contributed by atoms with Crippen LogP contribution in [0.4, 0.5) is 18.9 Å². The predicted molar refractivity (Wildman–Crippen MR) is 74.6 cm³/mol. The lowest BCUT2D eigenvalue weighted by molar-refractivity contribution is -0.137. The summed E-state index contributed by atoms with van der Waals surface area (Å²) in [5, 5.41) is 2.88. The fourth-order valence-electron chi connectivity index (χ4n) is 1.72. The Labute approximate surface area is 124 Å². The molecule has 2 aromatic rings. The topological polar surface area (TPSA) is 34.1 Å². The first-order valence-electron chi connectivity index (χ1n) is 6.00. The molecule has 0 spiro atoms. The van der Waals surface area contributed by atoms with Crippen LogP contribution in [-0.2, 0) is 12.7 Å². The largest absolute Gasteiger partial charge is 0.481 e. The molecule has 0 aliphatic rings. The van der Waals surface area contributed by atoms with Crippen LogP contribution in [0.5, 0.6) is 5.88 Å². The summed E-state index contributed by atoms with van der Waals surface area (Å²) in [6.07, 6.45) is -4.43. The standard InChI is InChI=1S/C14H12ClF3N2O/c1-21-13-4-2-3-11(20-13)8-19-12-6-9(14(16,17)18)5-10(15)7-12/h2-7,19H,8H2,1H3. The number of halogens is 4. The molecule has 0 aliphatic carbocycles. The highest BCUT2D eigenvalue weighted by molar-refractivity contribution is 6.30. The van der Waals surface area contributed by atoms with Crippen LogP contribution >= 0.6 is 11.6 Å². The van der Waals surface area contributed by atoms with Gasteiger partial charge in [0.2, 0.25) is 5.88 Å². The van der Waals surface area contributed by atoms with Crippen LogP contribution in [0.25, 0.3) is 0 Å². The second kappa shape index (κ2) is 6.22. The van der Waals surface area contributed by atoms with Gasteiger partial charge in [-0.05, 0) is 24.3 Å². The second-order valence-electron chi connectivity index (χ2n) is 4.25. The highest BCUT2D eigenvalue weighted by atomic mass is 35.5. The summed E-state index contributed by atoms with van der Waals surface area (Å²) < 4.78 is 43.1. The van der Waals surface area contributed by atoms with Gasteiger partial charge in [0.25, 0.3) is 0 Å². The molecular weight excluding hydrogens is 305 g/mol. The van der Waals surface area contributed by atoms with Gasteiger partial charge >= 0.3 is 6.18 Å². The van der Waals surface area contributed by atoms with E-state index < -0.39 is 11.7 Å². The van der Waals surface area contributed by atoms with Gasteiger partial charge in [-0.2, -0.15) is 13.2 Å². The third kappa shape index (κ3) is 4.26. The number of aromatic nitrogens is 1. The van der Waals surface area contributed by atoms with Crippen molar-refractivity contribution in [2.75, 3.05) is 12.4 Å². The number of nitrogens with zero attached hydrogens (tertiary/aromatic N) is 1. The molecule has 0 saturated carbocycles. The Balaban J connectivity index is 2.14. The van der Waals surface area contributed by atoms with Crippen molar-refractivity contribution in [2.24, 2.45) is 0 Å². The molecule has 2 rings (SSSR count). The van der Waals surface area contributed by atoms with Gasteiger partial charge < -0.3 is 10.1 Å². The number of pyridine rings is 1. The van der Waals surface area contributed by atoms with Gasteiger partial charge in [-0.1, -0.05) is 17.7 Å². The molecular formula is C14H12ClF3N2O. The fourth-order valence-corrected chi connectivity index (χ4v) is 1.95. The van der Waals surface area contributed by atoms with E-state index in [0.717, 1.165) is 12.1 Å². The number of benzene rings is 1. The van der Waals surface area contributed by atoms with Crippen LogP contribution in [0.1, 0.15) is 11.3 Å². The van der Waals surface area contributed by atoms with E-state index in [0.29, 0.717) is 11.6 Å². The van der Waals surface area contributed by atoms with Gasteiger partial charge in [0.15, 0.2) is 0 Å². The minimum Gasteiger partial charge on any atom is -0.481 e. The summed E-state index contributed by atoms with van der Waals surface area (Å²) in [6.45, 7) is 0.259.